The molecule has 2 amide bonds. The van der Waals surface area contributed by atoms with Crippen molar-refractivity contribution in [1.82, 2.24) is 4.90 Å². The Labute approximate surface area is 187 Å². The first-order valence-electron chi connectivity index (χ1n) is 9.68. The summed E-state index contributed by atoms with van der Waals surface area (Å²) in [5.41, 5.74) is 0.857. The van der Waals surface area contributed by atoms with E-state index in [1.165, 1.54) is 41.1 Å². The minimum Gasteiger partial charge on any atom is -0.467 e. The predicted octanol–water partition coefficient (Wildman–Crippen LogP) is 4.35. The minimum absolute atomic E-state index is 0.103. The number of nitrogens with one attached hydrogen (secondary N) is 1. The van der Waals surface area contributed by atoms with E-state index in [-0.39, 0.29) is 24.6 Å². The smallest absolute Gasteiger partial charge is 0.271 e. The SMILES string of the molecule is O=C(CC1SC(=Nc2ccccc2)N(Cc2ccco2)C1=O)Nc1cccc([N+](=O)[O-])c1. The van der Waals surface area contributed by atoms with Gasteiger partial charge in [0.2, 0.25) is 11.8 Å². The number of hydrogen-bond acceptors (Lipinski definition) is 7. The first-order valence-corrected chi connectivity index (χ1v) is 10.6. The lowest BCUT2D eigenvalue weighted by Gasteiger charge is -2.15. The van der Waals surface area contributed by atoms with Crippen molar-refractivity contribution in [2.45, 2.75) is 18.2 Å². The highest BCUT2D eigenvalue weighted by atomic mass is 32.2. The first-order chi connectivity index (χ1) is 15.5. The third-order valence-electron chi connectivity index (χ3n) is 4.61. The van der Waals surface area contributed by atoms with Gasteiger partial charge in [-0.15, -0.1) is 0 Å². The van der Waals surface area contributed by atoms with Crippen LogP contribution in [0.2, 0.25) is 0 Å². The molecule has 32 heavy (non-hydrogen) atoms. The van der Waals surface area contributed by atoms with Gasteiger partial charge in [0.25, 0.3) is 5.69 Å². The number of amides is 2. The molecule has 9 nitrogen and oxygen atoms in total. The van der Waals surface area contributed by atoms with Gasteiger partial charge < -0.3 is 9.73 Å². The van der Waals surface area contributed by atoms with E-state index in [9.17, 15) is 19.7 Å². The number of para-hydroxylation sites is 1. The molecule has 1 atom stereocenters. The van der Waals surface area contributed by atoms with E-state index >= 15 is 0 Å². The zero-order valence-corrected chi connectivity index (χ0v) is 17.5. The monoisotopic (exact) mass is 450 g/mol. The third-order valence-corrected chi connectivity index (χ3v) is 5.78. The predicted molar refractivity (Wildman–Crippen MR) is 121 cm³/mol. The number of nitro benzene ring substituents is 1. The summed E-state index contributed by atoms with van der Waals surface area (Å²) in [6.45, 7) is 0.202. The molecule has 1 aliphatic heterocycles. The molecule has 2 aromatic carbocycles. The fourth-order valence-corrected chi connectivity index (χ4v) is 4.28. The molecular weight excluding hydrogens is 432 g/mol. The second-order valence-corrected chi connectivity index (χ2v) is 8.07. The van der Waals surface area contributed by atoms with E-state index in [0.29, 0.717) is 22.3 Å². The number of nitro groups is 1. The fourth-order valence-electron chi connectivity index (χ4n) is 3.12. The van der Waals surface area contributed by atoms with Crippen molar-refractivity contribution in [1.29, 1.82) is 0 Å². The van der Waals surface area contributed by atoms with Gasteiger partial charge in [-0.05, 0) is 30.3 Å². The number of amidine groups is 1. The van der Waals surface area contributed by atoms with Gasteiger partial charge in [0.05, 0.1) is 23.4 Å². The van der Waals surface area contributed by atoms with Crippen molar-refractivity contribution >= 4 is 45.8 Å². The third kappa shape index (κ3) is 5.03. The molecule has 3 aromatic rings. The number of nitrogens with zero attached hydrogens (tertiary/aromatic N) is 3. The first kappa shape index (κ1) is 21.3. The molecule has 0 saturated carbocycles. The summed E-state index contributed by atoms with van der Waals surface area (Å²) in [6, 6.07) is 18.4. The van der Waals surface area contributed by atoms with Crippen LogP contribution in [-0.4, -0.2) is 32.1 Å². The highest BCUT2D eigenvalue weighted by Gasteiger charge is 2.39. The van der Waals surface area contributed by atoms with Crippen LogP contribution < -0.4 is 5.32 Å². The van der Waals surface area contributed by atoms with E-state index in [4.69, 9.17) is 4.42 Å². The van der Waals surface area contributed by atoms with Crippen molar-refractivity contribution in [3.05, 3.63) is 88.9 Å². The van der Waals surface area contributed by atoms with E-state index < -0.39 is 16.1 Å². The quantitative estimate of drug-likeness (QED) is 0.422. The van der Waals surface area contributed by atoms with Gasteiger partial charge in [0.1, 0.15) is 11.0 Å². The minimum atomic E-state index is -0.675. The number of furan rings is 1. The second-order valence-electron chi connectivity index (χ2n) is 6.90. The van der Waals surface area contributed by atoms with Gasteiger partial charge in [-0.25, -0.2) is 4.99 Å². The van der Waals surface area contributed by atoms with Gasteiger partial charge in [-0.3, -0.25) is 24.6 Å². The Morgan fingerprint density at radius 2 is 1.97 bits per heavy atom. The van der Waals surface area contributed by atoms with E-state index in [2.05, 4.69) is 10.3 Å². The average Bonchev–Trinajstić information content (AvgIpc) is 3.39. The summed E-state index contributed by atoms with van der Waals surface area (Å²) in [4.78, 5) is 42.1. The molecule has 1 saturated heterocycles. The molecule has 2 heterocycles. The van der Waals surface area contributed by atoms with Crippen LogP contribution in [0.15, 0.2) is 82.4 Å². The summed E-state index contributed by atoms with van der Waals surface area (Å²) >= 11 is 1.21. The molecule has 162 valence electrons. The van der Waals surface area contributed by atoms with Gasteiger partial charge in [-0.1, -0.05) is 36.0 Å². The lowest BCUT2D eigenvalue weighted by molar-refractivity contribution is -0.384. The maximum absolute atomic E-state index is 13.1. The Morgan fingerprint density at radius 1 is 1.16 bits per heavy atom. The van der Waals surface area contributed by atoms with E-state index in [1.54, 1.807) is 18.2 Å². The van der Waals surface area contributed by atoms with Crippen LogP contribution in [0.4, 0.5) is 17.1 Å². The number of hydrogen-bond donors (Lipinski definition) is 1. The average molecular weight is 450 g/mol. The van der Waals surface area contributed by atoms with Crippen molar-refractivity contribution in [3.63, 3.8) is 0 Å². The van der Waals surface area contributed by atoms with Crippen LogP contribution in [0.25, 0.3) is 0 Å². The van der Waals surface area contributed by atoms with Crippen LogP contribution in [0.1, 0.15) is 12.2 Å². The van der Waals surface area contributed by atoms with Crippen LogP contribution in [0.3, 0.4) is 0 Å². The molecule has 0 bridgehead atoms. The molecule has 0 radical (unpaired) electrons. The van der Waals surface area contributed by atoms with Crippen molar-refractivity contribution in [3.8, 4) is 0 Å². The van der Waals surface area contributed by atoms with Crippen LogP contribution in [-0.2, 0) is 16.1 Å². The van der Waals surface area contributed by atoms with Crippen LogP contribution in [0.5, 0.6) is 0 Å². The molecule has 1 aliphatic rings. The summed E-state index contributed by atoms with van der Waals surface area (Å²) in [6.07, 6.45) is 1.43. The maximum atomic E-state index is 13.1. The standard InChI is InChI=1S/C22H18N4O5S/c27-20(23-16-8-4-9-17(12-16)26(29)30)13-19-21(28)25(14-18-10-5-11-31-18)22(32-19)24-15-6-2-1-3-7-15/h1-12,19H,13-14H2,(H,23,27). The number of thioether (sulfide) groups is 1. The van der Waals surface area contributed by atoms with Crippen LogP contribution >= 0.6 is 11.8 Å². The number of non-ortho nitro benzene ring substituents is 1. The lowest BCUT2D eigenvalue weighted by Crippen LogP contribution is -2.33. The number of carbonyl (C=O) groups is 2. The number of rotatable bonds is 7. The Morgan fingerprint density at radius 3 is 2.69 bits per heavy atom. The zero-order valence-electron chi connectivity index (χ0n) is 16.7. The summed E-state index contributed by atoms with van der Waals surface area (Å²) < 4.78 is 5.38. The number of benzene rings is 2. The summed E-state index contributed by atoms with van der Waals surface area (Å²) in [7, 11) is 0. The van der Waals surface area contributed by atoms with Crippen LogP contribution in [0, 0.1) is 10.1 Å². The van der Waals surface area contributed by atoms with Gasteiger partial charge >= 0.3 is 0 Å². The number of carbonyl (C=O) groups excluding carboxylic acids is 2. The summed E-state index contributed by atoms with van der Waals surface area (Å²) in [5, 5.41) is 13.4. The molecule has 1 N–H and O–H groups in total. The van der Waals surface area contributed by atoms with Crippen molar-refractivity contribution in [2.24, 2.45) is 4.99 Å². The number of aliphatic imine (C=N–C) groups is 1. The van der Waals surface area contributed by atoms with Crippen molar-refractivity contribution in [2.75, 3.05) is 5.32 Å². The fraction of sp³-hybridized carbons (Fsp3) is 0.136. The molecule has 10 heteroatoms. The highest BCUT2D eigenvalue weighted by Crippen LogP contribution is 2.33. The Bertz CT molecular complexity index is 1160. The molecule has 1 unspecified atom stereocenters. The Hall–Kier alpha value is -3.92. The second kappa shape index (κ2) is 9.48. The van der Waals surface area contributed by atoms with Gasteiger partial charge in [-0.2, -0.15) is 0 Å². The molecule has 4 rings (SSSR count). The molecular formula is C22H18N4O5S. The maximum Gasteiger partial charge on any atom is 0.271 e. The zero-order chi connectivity index (χ0) is 22.5. The lowest BCUT2D eigenvalue weighted by atomic mass is 10.2. The normalized spacial score (nSPS) is 17.0. The molecule has 1 aromatic heterocycles. The topological polar surface area (TPSA) is 118 Å². The summed E-state index contributed by atoms with van der Waals surface area (Å²) in [5.74, 6) is -0.0769. The van der Waals surface area contributed by atoms with E-state index in [0.717, 1.165) is 0 Å². The number of anilines is 1. The molecule has 0 spiro atoms. The Kier molecular flexibility index (Phi) is 6.31. The highest BCUT2D eigenvalue weighted by molar-refractivity contribution is 8.15. The van der Waals surface area contributed by atoms with Gasteiger partial charge in [0, 0.05) is 24.2 Å². The van der Waals surface area contributed by atoms with Gasteiger partial charge in [0.15, 0.2) is 5.17 Å². The Balaban J connectivity index is 1.50. The van der Waals surface area contributed by atoms with E-state index in [1.807, 2.05) is 30.3 Å². The molecule has 0 aliphatic carbocycles. The van der Waals surface area contributed by atoms with Crippen molar-refractivity contribution < 1.29 is 18.9 Å². The molecule has 1 fully saturated rings. The largest absolute Gasteiger partial charge is 0.467 e.